The van der Waals surface area contributed by atoms with Crippen LogP contribution in [0.2, 0.25) is 0 Å². The number of hydrogen-bond donors (Lipinski definition) is 3. The Balaban J connectivity index is 1.40. The van der Waals surface area contributed by atoms with E-state index in [9.17, 15) is 4.79 Å². The van der Waals surface area contributed by atoms with Gasteiger partial charge in [-0.2, -0.15) is 0 Å². The molecule has 1 amide bonds. The highest BCUT2D eigenvalue weighted by molar-refractivity contribution is 6.04. The van der Waals surface area contributed by atoms with Gasteiger partial charge in [-0.05, 0) is 42.0 Å². The van der Waals surface area contributed by atoms with Gasteiger partial charge in [0.2, 0.25) is 5.95 Å². The zero-order valence-corrected chi connectivity index (χ0v) is 14.1. The van der Waals surface area contributed by atoms with Gasteiger partial charge in [-0.25, -0.2) is 4.98 Å². The quantitative estimate of drug-likeness (QED) is 0.502. The number of carbonyl (C=O) groups excluding carboxylic acids is 1. The Morgan fingerprint density at radius 2 is 1.62 bits per heavy atom. The Morgan fingerprint density at radius 3 is 2.38 bits per heavy atom. The summed E-state index contributed by atoms with van der Waals surface area (Å²) in [5.41, 5.74) is 4.47. The monoisotopic (exact) mass is 342 g/mol. The number of rotatable bonds is 5. The molecule has 5 nitrogen and oxygen atoms in total. The fraction of sp³-hybridized carbons (Fsp3) is 0.0476. The molecule has 26 heavy (non-hydrogen) atoms. The smallest absolute Gasteiger partial charge is 0.257 e. The molecule has 0 atom stereocenters. The topological polar surface area (TPSA) is 69.8 Å². The van der Waals surface area contributed by atoms with Crippen molar-refractivity contribution in [1.29, 1.82) is 0 Å². The van der Waals surface area contributed by atoms with Crippen LogP contribution >= 0.6 is 0 Å². The minimum atomic E-state index is -0.196. The third-order valence-corrected chi connectivity index (χ3v) is 4.11. The van der Waals surface area contributed by atoms with Crippen molar-refractivity contribution in [3.8, 4) is 0 Å². The summed E-state index contributed by atoms with van der Waals surface area (Å²) in [6, 6.07) is 25.2. The molecule has 0 spiro atoms. The van der Waals surface area contributed by atoms with Crippen molar-refractivity contribution >= 4 is 28.6 Å². The zero-order valence-electron chi connectivity index (χ0n) is 14.1. The lowest BCUT2D eigenvalue weighted by molar-refractivity contribution is 0.102. The van der Waals surface area contributed by atoms with E-state index < -0.39 is 0 Å². The molecule has 4 rings (SSSR count). The number of amides is 1. The molecule has 0 aliphatic carbocycles. The first kappa shape index (κ1) is 15.9. The van der Waals surface area contributed by atoms with Crippen molar-refractivity contribution in [3.63, 3.8) is 0 Å². The number of carbonyl (C=O) groups is 1. The molecule has 128 valence electrons. The van der Waals surface area contributed by atoms with Gasteiger partial charge in [-0.1, -0.05) is 42.5 Å². The second-order valence-corrected chi connectivity index (χ2v) is 5.97. The normalized spacial score (nSPS) is 10.6. The third-order valence-electron chi connectivity index (χ3n) is 4.11. The van der Waals surface area contributed by atoms with E-state index in [1.54, 1.807) is 12.1 Å². The first-order valence-corrected chi connectivity index (χ1v) is 8.42. The number of anilines is 2. The summed E-state index contributed by atoms with van der Waals surface area (Å²) in [5, 5.41) is 6.14. The van der Waals surface area contributed by atoms with Crippen LogP contribution < -0.4 is 10.6 Å². The van der Waals surface area contributed by atoms with Gasteiger partial charge >= 0.3 is 0 Å². The molecular formula is C21H18N4O. The molecule has 1 heterocycles. The predicted molar refractivity (Wildman–Crippen MR) is 104 cm³/mol. The molecule has 0 fully saturated rings. The average molecular weight is 342 g/mol. The minimum absolute atomic E-state index is 0.196. The van der Waals surface area contributed by atoms with E-state index in [0.717, 1.165) is 23.3 Å². The molecule has 0 aliphatic rings. The van der Waals surface area contributed by atoms with Crippen molar-refractivity contribution in [2.45, 2.75) is 6.54 Å². The number of aromatic amines is 1. The van der Waals surface area contributed by atoms with Crippen LogP contribution in [0.1, 0.15) is 15.9 Å². The van der Waals surface area contributed by atoms with Gasteiger partial charge in [0.1, 0.15) is 0 Å². The molecule has 4 aromatic rings. The summed E-state index contributed by atoms with van der Waals surface area (Å²) in [5.74, 6) is 0.251. The van der Waals surface area contributed by atoms with Gasteiger partial charge in [-0.15, -0.1) is 0 Å². The molecule has 0 radical (unpaired) electrons. The Morgan fingerprint density at radius 1 is 0.885 bits per heavy atom. The van der Waals surface area contributed by atoms with Crippen LogP contribution in [0.25, 0.3) is 11.0 Å². The fourth-order valence-corrected chi connectivity index (χ4v) is 2.73. The lowest BCUT2D eigenvalue weighted by Gasteiger charge is -2.07. The fourth-order valence-electron chi connectivity index (χ4n) is 2.73. The van der Waals surface area contributed by atoms with Crippen LogP contribution in [-0.4, -0.2) is 15.9 Å². The SMILES string of the molecule is O=C(Nc1nc2ccccc2[nH]1)c1ccc(NCc2ccccc2)cc1. The number of fused-ring (bicyclic) bond motifs is 1. The number of aromatic nitrogens is 2. The van der Waals surface area contributed by atoms with Crippen molar-refractivity contribution in [3.05, 3.63) is 90.0 Å². The van der Waals surface area contributed by atoms with Crippen LogP contribution in [0.15, 0.2) is 78.9 Å². The van der Waals surface area contributed by atoms with Gasteiger partial charge in [0.05, 0.1) is 11.0 Å². The molecule has 0 aliphatic heterocycles. The minimum Gasteiger partial charge on any atom is -0.381 e. The first-order chi connectivity index (χ1) is 12.8. The Hall–Kier alpha value is -3.60. The zero-order chi connectivity index (χ0) is 17.8. The van der Waals surface area contributed by atoms with Crippen molar-refractivity contribution < 1.29 is 4.79 Å². The largest absolute Gasteiger partial charge is 0.381 e. The van der Waals surface area contributed by atoms with E-state index in [1.807, 2.05) is 54.6 Å². The standard InChI is InChI=1S/C21H18N4O/c26-20(25-21-23-18-8-4-5-9-19(18)24-21)16-10-12-17(13-11-16)22-14-15-6-2-1-3-7-15/h1-13,22H,14H2,(H2,23,24,25,26). The van der Waals surface area contributed by atoms with E-state index in [-0.39, 0.29) is 5.91 Å². The van der Waals surface area contributed by atoms with Crippen molar-refractivity contribution in [2.24, 2.45) is 0 Å². The molecule has 0 saturated heterocycles. The lowest BCUT2D eigenvalue weighted by atomic mass is 10.2. The first-order valence-electron chi connectivity index (χ1n) is 8.42. The Kier molecular flexibility index (Phi) is 4.35. The van der Waals surface area contributed by atoms with Crippen LogP contribution in [0.3, 0.4) is 0 Å². The van der Waals surface area contributed by atoms with E-state index in [4.69, 9.17) is 0 Å². The van der Waals surface area contributed by atoms with Gasteiger partial charge in [-0.3, -0.25) is 10.1 Å². The molecule has 1 aromatic heterocycles. The molecule has 3 aromatic carbocycles. The predicted octanol–water partition coefficient (Wildman–Crippen LogP) is 4.43. The number of nitrogens with zero attached hydrogens (tertiary/aromatic N) is 1. The summed E-state index contributed by atoms with van der Waals surface area (Å²) in [6.45, 7) is 0.741. The van der Waals surface area contributed by atoms with E-state index in [2.05, 4.69) is 32.7 Å². The summed E-state index contributed by atoms with van der Waals surface area (Å²) >= 11 is 0. The highest BCUT2D eigenvalue weighted by atomic mass is 16.1. The molecule has 0 unspecified atom stereocenters. The Bertz CT molecular complexity index is 990. The maximum atomic E-state index is 12.4. The van der Waals surface area contributed by atoms with Crippen LogP contribution in [0, 0.1) is 0 Å². The number of hydrogen-bond acceptors (Lipinski definition) is 3. The van der Waals surface area contributed by atoms with Crippen molar-refractivity contribution in [1.82, 2.24) is 9.97 Å². The summed E-state index contributed by atoms with van der Waals surface area (Å²) in [7, 11) is 0. The highest BCUT2D eigenvalue weighted by Crippen LogP contribution is 2.15. The third kappa shape index (κ3) is 3.57. The molecular weight excluding hydrogens is 324 g/mol. The van der Waals surface area contributed by atoms with E-state index in [0.29, 0.717) is 11.5 Å². The molecule has 5 heteroatoms. The van der Waals surface area contributed by atoms with Gasteiger partial charge in [0, 0.05) is 17.8 Å². The number of para-hydroxylation sites is 2. The Labute approximate surface area is 151 Å². The number of nitrogens with one attached hydrogen (secondary N) is 3. The van der Waals surface area contributed by atoms with Crippen LogP contribution in [0.5, 0.6) is 0 Å². The molecule has 0 saturated carbocycles. The lowest BCUT2D eigenvalue weighted by Crippen LogP contribution is -2.13. The highest BCUT2D eigenvalue weighted by Gasteiger charge is 2.09. The number of H-pyrrole nitrogens is 1. The van der Waals surface area contributed by atoms with E-state index >= 15 is 0 Å². The second-order valence-electron chi connectivity index (χ2n) is 5.97. The van der Waals surface area contributed by atoms with Gasteiger partial charge in [0.15, 0.2) is 0 Å². The van der Waals surface area contributed by atoms with Gasteiger partial charge in [0.25, 0.3) is 5.91 Å². The van der Waals surface area contributed by atoms with Crippen LogP contribution in [0.4, 0.5) is 11.6 Å². The number of benzene rings is 3. The van der Waals surface area contributed by atoms with Crippen LogP contribution in [-0.2, 0) is 6.54 Å². The summed E-state index contributed by atoms with van der Waals surface area (Å²) < 4.78 is 0. The average Bonchev–Trinajstić information content (AvgIpc) is 3.10. The second kappa shape index (κ2) is 7.11. The van der Waals surface area contributed by atoms with Crippen molar-refractivity contribution in [2.75, 3.05) is 10.6 Å². The van der Waals surface area contributed by atoms with E-state index in [1.165, 1.54) is 5.56 Å². The number of imidazole rings is 1. The maximum absolute atomic E-state index is 12.4. The summed E-state index contributed by atoms with van der Waals surface area (Å²) in [4.78, 5) is 19.8. The molecule has 3 N–H and O–H groups in total. The molecule has 0 bridgehead atoms. The maximum Gasteiger partial charge on any atom is 0.257 e. The summed E-state index contributed by atoms with van der Waals surface area (Å²) in [6.07, 6.45) is 0. The van der Waals surface area contributed by atoms with Gasteiger partial charge < -0.3 is 10.3 Å².